The van der Waals surface area contributed by atoms with Crippen LogP contribution in [0.15, 0.2) is 0 Å². The molecule has 1 aliphatic heterocycles. The van der Waals surface area contributed by atoms with Crippen LogP contribution in [0.1, 0.15) is 27.2 Å². The fraction of sp³-hybridized carbons (Fsp3) is 0.900. The standard InChI is InChI=1S/C10H18N2O4S/c1-4-9(5-11)17(13,14)12-6-8-7-15-10(2,3)16-8/h8-9,12H,4,6-7H2,1-3H3. The first-order valence-electron chi connectivity index (χ1n) is 5.50. The molecule has 1 heterocycles. The van der Waals surface area contributed by atoms with E-state index in [0.29, 0.717) is 6.61 Å². The second kappa shape index (κ2) is 5.31. The summed E-state index contributed by atoms with van der Waals surface area (Å²) in [4.78, 5) is 0. The third kappa shape index (κ3) is 3.92. The van der Waals surface area contributed by atoms with Gasteiger partial charge in [-0.25, -0.2) is 13.1 Å². The molecule has 0 aromatic heterocycles. The Morgan fingerprint density at radius 1 is 1.59 bits per heavy atom. The Labute approximate surface area is 102 Å². The first-order valence-corrected chi connectivity index (χ1v) is 7.05. The first kappa shape index (κ1) is 14.4. The van der Waals surface area contributed by atoms with Gasteiger partial charge in [0.1, 0.15) is 0 Å². The maximum Gasteiger partial charge on any atom is 0.228 e. The van der Waals surface area contributed by atoms with Crippen molar-refractivity contribution < 1.29 is 17.9 Å². The summed E-state index contributed by atoms with van der Waals surface area (Å²) >= 11 is 0. The van der Waals surface area contributed by atoms with E-state index in [9.17, 15) is 8.42 Å². The minimum Gasteiger partial charge on any atom is -0.348 e. The van der Waals surface area contributed by atoms with Crippen LogP contribution < -0.4 is 4.72 Å². The molecule has 0 aromatic rings. The second-order valence-electron chi connectivity index (χ2n) is 4.37. The molecule has 0 amide bonds. The van der Waals surface area contributed by atoms with E-state index in [1.54, 1.807) is 26.8 Å². The predicted molar refractivity (Wildman–Crippen MR) is 61.5 cm³/mol. The minimum absolute atomic E-state index is 0.129. The number of sulfonamides is 1. The van der Waals surface area contributed by atoms with Crippen molar-refractivity contribution in [2.75, 3.05) is 13.2 Å². The number of rotatable bonds is 5. The van der Waals surface area contributed by atoms with Crippen molar-refractivity contribution in [1.29, 1.82) is 5.26 Å². The molecule has 0 spiro atoms. The minimum atomic E-state index is -3.59. The summed E-state index contributed by atoms with van der Waals surface area (Å²) in [6, 6.07) is 1.76. The van der Waals surface area contributed by atoms with Gasteiger partial charge in [-0.05, 0) is 20.3 Å². The van der Waals surface area contributed by atoms with Gasteiger partial charge in [-0.3, -0.25) is 0 Å². The summed E-state index contributed by atoms with van der Waals surface area (Å²) < 4.78 is 36.5. The monoisotopic (exact) mass is 262 g/mol. The Morgan fingerprint density at radius 3 is 2.65 bits per heavy atom. The highest BCUT2D eigenvalue weighted by molar-refractivity contribution is 7.90. The summed E-state index contributed by atoms with van der Waals surface area (Å²) in [6.45, 7) is 5.67. The van der Waals surface area contributed by atoms with Crippen molar-refractivity contribution in [2.45, 2.75) is 44.3 Å². The Kier molecular flexibility index (Phi) is 4.49. The molecular weight excluding hydrogens is 244 g/mol. The Bertz CT molecular complexity index is 399. The predicted octanol–water partition coefficient (Wildman–Crippen LogP) is 0.359. The average molecular weight is 262 g/mol. The molecule has 98 valence electrons. The maximum atomic E-state index is 11.7. The third-order valence-corrected chi connectivity index (χ3v) is 4.23. The topological polar surface area (TPSA) is 88.4 Å². The van der Waals surface area contributed by atoms with Crippen molar-refractivity contribution in [3.05, 3.63) is 0 Å². The molecule has 0 aromatic carbocycles. The summed E-state index contributed by atoms with van der Waals surface area (Å²) in [5.74, 6) is -0.671. The molecule has 7 heteroatoms. The summed E-state index contributed by atoms with van der Waals surface area (Å²) in [7, 11) is -3.59. The van der Waals surface area contributed by atoms with Crippen LogP contribution in [-0.4, -0.2) is 38.7 Å². The van der Waals surface area contributed by atoms with E-state index in [2.05, 4.69) is 4.72 Å². The smallest absolute Gasteiger partial charge is 0.228 e. The van der Waals surface area contributed by atoms with E-state index >= 15 is 0 Å². The lowest BCUT2D eigenvalue weighted by Crippen LogP contribution is -2.39. The Morgan fingerprint density at radius 2 is 2.24 bits per heavy atom. The number of nitrogens with one attached hydrogen (secondary N) is 1. The fourth-order valence-electron chi connectivity index (χ4n) is 1.55. The normalized spacial score (nSPS) is 25.4. The van der Waals surface area contributed by atoms with Crippen LogP contribution in [0, 0.1) is 11.3 Å². The van der Waals surface area contributed by atoms with Crippen molar-refractivity contribution in [3.8, 4) is 6.07 Å². The number of ether oxygens (including phenoxy) is 2. The molecule has 1 N–H and O–H groups in total. The van der Waals surface area contributed by atoms with Crippen LogP contribution in [0.3, 0.4) is 0 Å². The second-order valence-corrected chi connectivity index (χ2v) is 6.32. The molecule has 2 unspecified atom stereocenters. The molecule has 1 aliphatic rings. The highest BCUT2D eigenvalue weighted by Gasteiger charge is 2.34. The quantitative estimate of drug-likeness (QED) is 0.772. The number of nitrogens with zero attached hydrogens (tertiary/aromatic N) is 1. The molecule has 0 saturated carbocycles. The molecule has 1 rings (SSSR count). The highest BCUT2D eigenvalue weighted by atomic mass is 32.2. The van der Waals surface area contributed by atoms with Gasteiger partial charge < -0.3 is 9.47 Å². The van der Waals surface area contributed by atoms with Crippen molar-refractivity contribution in [3.63, 3.8) is 0 Å². The fourth-order valence-corrected chi connectivity index (χ4v) is 2.75. The molecule has 1 fully saturated rings. The zero-order chi connectivity index (χ0) is 13.1. The molecule has 1 saturated heterocycles. The van der Waals surface area contributed by atoms with E-state index in [4.69, 9.17) is 14.7 Å². The lowest BCUT2D eigenvalue weighted by molar-refractivity contribution is -0.137. The molecule has 0 bridgehead atoms. The van der Waals surface area contributed by atoms with Gasteiger partial charge in [0.2, 0.25) is 10.0 Å². The van der Waals surface area contributed by atoms with Gasteiger partial charge in [-0.1, -0.05) is 6.92 Å². The van der Waals surface area contributed by atoms with Gasteiger partial charge >= 0.3 is 0 Å². The van der Waals surface area contributed by atoms with E-state index in [1.807, 2.05) is 0 Å². The largest absolute Gasteiger partial charge is 0.348 e. The Balaban J connectivity index is 2.49. The lowest BCUT2D eigenvalue weighted by Gasteiger charge is -2.17. The van der Waals surface area contributed by atoms with Crippen LogP contribution in [0.2, 0.25) is 0 Å². The number of nitriles is 1. The molecule has 2 atom stereocenters. The highest BCUT2D eigenvalue weighted by Crippen LogP contribution is 2.21. The van der Waals surface area contributed by atoms with E-state index in [-0.39, 0.29) is 19.1 Å². The van der Waals surface area contributed by atoms with Gasteiger partial charge in [0.15, 0.2) is 11.0 Å². The molecule has 17 heavy (non-hydrogen) atoms. The number of hydrogen-bond donors (Lipinski definition) is 1. The van der Waals surface area contributed by atoms with Crippen LogP contribution in [-0.2, 0) is 19.5 Å². The van der Waals surface area contributed by atoms with Crippen molar-refractivity contribution in [1.82, 2.24) is 4.72 Å². The van der Waals surface area contributed by atoms with Crippen LogP contribution >= 0.6 is 0 Å². The summed E-state index contributed by atoms with van der Waals surface area (Å²) in [6.07, 6.45) is -0.0460. The average Bonchev–Trinajstić information content (AvgIpc) is 2.57. The summed E-state index contributed by atoms with van der Waals surface area (Å²) in [5.41, 5.74) is 0. The zero-order valence-corrected chi connectivity index (χ0v) is 11.1. The molecular formula is C10H18N2O4S. The molecule has 0 radical (unpaired) electrons. The van der Waals surface area contributed by atoms with Crippen LogP contribution in [0.5, 0.6) is 0 Å². The van der Waals surface area contributed by atoms with E-state index in [1.165, 1.54) is 0 Å². The Hall–Kier alpha value is -0.680. The van der Waals surface area contributed by atoms with Crippen LogP contribution in [0.25, 0.3) is 0 Å². The maximum absolute atomic E-state index is 11.7. The van der Waals surface area contributed by atoms with Crippen molar-refractivity contribution in [2.24, 2.45) is 0 Å². The van der Waals surface area contributed by atoms with Gasteiger partial charge in [0.25, 0.3) is 0 Å². The van der Waals surface area contributed by atoms with Gasteiger partial charge in [0, 0.05) is 6.54 Å². The lowest BCUT2D eigenvalue weighted by atomic mass is 10.4. The van der Waals surface area contributed by atoms with Gasteiger partial charge in [0.05, 0.1) is 18.8 Å². The number of hydrogen-bond acceptors (Lipinski definition) is 5. The SMILES string of the molecule is CCC(C#N)S(=O)(=O)NCC1COC(C)(C)O1. The molecule has 0 aliphatic carbocycles. The molecule has 6 nitrogen and oxygen atoms in total. The van der Waals surface area contributed by atoms with Crippen LogP contribution in [0.4, 0.5) is 0 Å². The van der Waals surface area contributed by atoms with Gasteiger partial charge in [-0.15, -0.1) is 0 Å². The van der Waals surface area contributed by atoms with Gasteiger partial charge in [-0.2, -0.15) is 5.26 Å². The van der Waals surface area contributed by atoms with E-state index in [0.717, 1.165) is 0 Å². The zero-order valence-electron chi connectivity index (χ0n) is 10.3. The summed E-state index contributed by atoms with van der Waals surface area (Å²) in [5, 5.41) is 7.70. The van der Waals surface area contributed by atoms with Crippen molar-refractivity contribution >= 4 is 10.0 Å². The van der Waals surface area contributed by atoms with E-state index < -0.39 is 21.1 Å². The third-order valence-electron chi connectivity index (χ3n) is 2.47. The first-order chi connectivity index (χ1) is 7.80.